The normalized spacial score (nSPS) is 39.9. The second kappa shape index (κ2) is 4.34. The fourth-order valence-electron chi connectivity index (χ4n) is 5.32. The van der Waals surface area contributed by atoms with Gasteiger partial charge < -0.3 is 9.73 Å². The van der Waals surface area contributed by atoms with E-state index in [1.165, 1.54) is 44.3 Å². The third-order valence-corrected chi connectivity index (χ3v) is 5.70. The lowest BCUT2D eigenvalue weighted by atomic mass is 9.49. The Hall–Kier alpha value is -0.830. The van der Waals surface area contributed by atoms with Crippen LogP contribution in [0.1, 0.15) is 50.2 Å². The molecule has 0 unspecified atom stereocenters. The largest absolute Gasteiger partial charge is 0.445 e. The van der Waals surface area contributed by atoms with Gasteiger partial charge in [0.25, 0.3) is 0 Å². The van der Waals surface area contributed by atoms with Gasteiger partial charge in [-0.05, 0) is 63.3 Å². The summed E-state index contributed by atoms with van der Waals surface area (Å²) in [4.78, 5) is 4.50. The van der Waals surface area contributed by atoms with Crippen molar-refractivity contribution in [3.05, 3.63) is 17.8 Å². The van der Waals surface area contributed by atoms with Crippen molar-refractivity contribution in [2.45, 2.75) is 50.4 Å². The molecule has 0 aromatic carbocycles. The summed E-state index contributed by atoms with van der Waals surface area (Å²) in [6, 6.07) is 0. The van der Waals surface area contributed by atoms with Crippen molar-refractivity contribution in [1.29, 1.82) is 0 Å². The van der Waals surface area contributed by atoms with Crippen LogP contribution in [0.25, 0.3) is 0 Å². The average Bonchev–Trinajstić information content (AvgIpc) is 2.84. The number of likely N-dealkylation sites (N-methyl/N-ethyl adjacent to an activating group) is 1. The lowest BCUT2D eigenvalue weighted by molar-refractivity contribution is -0.0155. The maximum atomic E-state index is 6.12. The Balaban J connectivity index is 1.59. The average molecular weight is 260 g/mol. The molecule has 0 amide bonds. The van der Waals surface area contributed by atoms with E-state index in [4.69, 9.17) is 4.42 Å². The molecule has 19 heavy (non-hydrogen) atoms. The van der Waals surface area contributed by atoms with E-state index in [0.29, 0.717) is 5.41 Å². The fourth-order valence-corrected chi connectivity index (χ4v) is 5.32. The maximum absolute atomic E-state index is 6.12. The van der Waals surface area contributed by atoms with Crippen molar-refractivity contribution in [3.63, 3.8) is 0 Å². The molecule has 1 heterocycles. The fraction of sp³-hybridized carbons (Fsp3) is 0.812. The first-order valence-corrected chi connectivity index (χ1v) is 7.87. The Morgan fingerprint density at radius 3 is 2.42 bits per heavy atom. The van der Waals surface area contributed by atoms with Crippen LogP contribution in [0.3, 0.4) is 0 Å². The number of aromatic nitrogens is 1. The first-order chi connectivity index (χ1) is 9.27. The number of hydrogen-bond acceptors (Lipinski definition) is 3. The van der Waals surface area contributed by atoms with E-state index in [2.05, 4.69) is 10.3 Å². The summed E-state index contributed by atoms with van der Waals surface area (Å²) in [7, 11) is 1.98. The van der Waals surface area contributed by atoms with Crippen LogP contribution < -0.4 is 5.32 Å². The number of nitrogens with one attached hydrogen (secondary N) is 1. The van der Waals surface area contributed by atoms with Crippen molar-refractivity contribution in [2.75, 3.05) is 13.6 Å². The van der Waals surface area contributed by atoms with Crippen molar-refractivity contribution in [2.24, 2.45) is 17.8 Å². The second-order valence-corrected chi connectivity index (χ2v) is 7.17. The molecule has 104 valence electrons. The molecule has 1 aromatic rings. The van der Waals surface area contributed by atoms with Crippen molar-refractivity contribution < 1.29 is 4.42 Å². The van der Waals surface area contributed by atoms with Crippen LogP contribution >= 0.6 is 0 Å². The van der Waals surface area contributed by atoms with Crippen molar-refractivity contribution >= 4 is 0 Å². The van der Waals surface area contributed by atoms with Gasteiger partial charge in [-0.15, -0.1) is 0 Å². The van der Waals surface area contributed by atoms with Gasteiger partial charge in [-0.3, -0.25) is 0 Å². The number of nitrogens with zero attached hydrogens (tertiary/aromatic N) is 1. The molecule has 4 bridgehead atoms. The molecule has 1 aromatic heterocycles. The van der Waals surface area contributed by atoms with E-state index in [1.807, 2.05) is 13.2 Å². The lowest BCUT2D eigenvalue weighted by Crippen LogP contribution is -2.48. The van der Waals surface area contributed by atoms with E-state index in [9.17, 15) is 0 Å². The van der Waals surface area contributed by atoms with Crippen LogP contribution in [0, 0.1) is 17.8 Å². The molecule has 3 heteroatoms. The molecule has 0 radical (unpaired) electrons. The Morgan fingerprint density at radius 1 is 1.21 bits per heavy atom. The molecule has 4 saturated carbocycles. The zero-order valence-electron chi connectivity index (χ0n) is 11.8. The Morgan fingerprint density at radius 2 is 1.84 bits per heavy atom. The monoisotopic (exact) mass is 260 g/mol. The molecule has 0 aliphatic heterocycles. The van der Waals surface area contributed by atoms with Crippen LogP contribution in [0.2, 0.25) is 0 Å². The number of oxazole rings is 1. The van der Waals surface area contributed by atoms with Crippen LogP contribution in [0.4, 0.5) is 0 Å². The van der Waals surface area contributed by atoms with E-state index in [1.54, 1.807) is 0 Å². The molecular formula is C16H24N2O. The van der Waals surface area contributed by atoms with Crippen molar-refractivity contribution in [3.8, 4) is 0 Å². The molecule has 4 aliphatic rings. The summed E-state index contributed by atoms with van der Waals surface area (Å²) in [6.07, 6.45) is 11.5. The summed E-state index contributed by atoms with van der Waals surface area (Å²) in [5.41, 5.74) is 0.361. The summed E-state index contributed by atoms with van der Waals surface area (Å²) in [5.74, 6) is 5.03. The molecule has 0 saturated heterocycles. The van der Waals surface area contributed by atoms with Crippen LogP contribution in [-0.2, 0) is 11.8 Å². The third-order valence-electron chi connectivity index (χ3n) is 5.70. The highest BCUT2D eigenvalue weighted by Gasteiger charge is 2.53. The van der Waals surface area contributed by atoms with E-state index >= 15 is 0 Å². The second-order valence-electron chi connectivity index (χ2n) is 7.17. The highest BCUT2D eigenvalue weighted by molar-refractivity contribution is 5.19. The van der Waals surface area contributed by atoms with Gasteiger partial charge in [-0.1, -0.05) is 0 Å². The summed E-state index contributed by atoms with van der Waals surface area (Å²) < 4.78 is 6.12. The van der Waals surface area contributed by atoms with Crippen LogP contribution in [0.5, 0.6) is 0 Å². The van der Waals surface area contributed by atoms with E-state index in [-0.39, 0.29) is 0 Å². The SMILES string of the molecule is CNCCc1ncc(C23CC4CC(CC(C4)C2)C3)o1. The highest BCUT2D eigenvalue weighted by Crippen LogP contribution is 2.60. The zero-order valence-corrected chi connectivity index (χ0v) is 11.8. The minimum atomic E-state index is 0.361. The third kappa shape index (κ3) is 1.94. The van der Waals surface area contributed by atoms with Gasteiger partial charge in [0.15, 0.2) is 5.89 Å². The number of hydrogen-bond donors (Lipinski definition) is 1. The molecule has 4 aliphatic carbocycles. The van der Waals surface area contributed by atoms with Gasteiger partial charge in [0.2, 0.25) is 0 Å². The topological polar surface area (TPSA) is 38.1 Å². The molecule has 4 fully saturated rings. The molecule has 3 nitrogen and oxygen atoms in total. The highest BCUT2D eigenvalue weighted by atomic mass is 16.4. The summed E-state index contributed by atoms with van der Waals surface area (Å²) in [5, 5.41) is 3.16. The minimum absolute atomic E-state index is 0.361. The first kappa shape index (κ1) is 12.0. The standard InChI is InChI=1S/C16H24N2O/c1-17-3-2-15-18-10-14(19-15)16-7-11-4-12(8-16)6-13(5-11)9-16/h10-13,17H,2-9H2,1H3. The van der Waals surface area contributed by atoms with Crippen LogP contribution in [0.15, 0.2) is 10.6 Å². The van der Waals surface area contributed by atoms with Gasteiger partial charge in [0.1, 0.15) is 5.76 Å². The van der Waals surface area contributed by atoms with E-state index in [0.717, 1.165) is 36.6 Å². The van der Waals surface area contributed by atoms with Gasteiger partial charge in [0.05, 0.1) is 6.20 Å². The molecular weight excluding hydrogens is 236 g/mol. The smallest absolute Gasteiger partial charge is 0.195 e. The minimum Gasteiger partial charge on any atom is -0.445 e. The van der Waals surface area contributed by atoms with Crippen molar-refractivity contribution in [1.82, 2.24) is 10.3 Å². The predicted molar refractivity (Wildman–Crippen MR) is 74.0 cm³/mol. The first-order valence-electron chi connectivity index (χ1n) is 7.87. The van der Waals surface area contributed by atoms with Gasteiger partial charge in [-0.2, -0.15) is 0 Å². The lowest BCUT2D eigenvalue weighted by Gasteiger charge is -2.55. The number of rotatable bonds is 4. The Kier molecular flexibility index (Phi) is 2.73. The Labute approximate surface area is 115 Å². The summed E-state index contributed by atoms with van der Waals surface area (Å²) in [6.45, 7) is 0.945. The van der Waals surface area contributed by atoms with Gasteiger partial charge in [0, 0.05) is 18.4 Å². The molecule has 5 rings (SSSR count). The van der Waals surface area contributed by atoms with Crippen LogP contribution in [-0.4, -0.2) is 18.6 Å². The Bertz CT molecular complexity index is 430. The quantitative estimate of drug-likeness (QED) is 0.904. The van der Waals surface area contributed by atoms with Gasteiger partial charge >= 0.3 is 0 Å². The van der Waals surface area contributed by atoms with E-state index < -0.39 is 0 Å². The maximum Gasteiger partial charge on any atom is 0.195 e. The zero-order chi connectivity index (χ0) is 12.9. The molecule has 0 atom stereocenters. The summed E-state index contributed by atoms with van der Waals surface area (Å²) >= 11 is 0. The molecule has 1 N–H and O–H groups in total. The molecule has 0 spiro atoms. The van der Waals surface area contributed by atoms with Gasteiger partial charge in [-0.25, -0.2) is 4.98 Å². The predicted octanol–water partition coefficient (Wildman–Crippen LogP) is 2.90.